The number of aromatic amines is 1. The van der Waals surface area contributed by atoms with Gasteiger partial charge >= 0.3 is 0 Å². The summed E-state index contributed by atoms with van der Waals surface area (Å²) in [5.74, 6) is 0.752. The third-order valence-electron chi connectivity index (χ3n) is 3.00. The first kappa shape index (κ1) is 13.6. The van der Waals surface area contributed by atoms with Crippen LogP contribution in [0.3, 0.4) is 0 Å². The lowest BCUT2D eigenvalue weighted by molar-refractivity contribution is 0.106. The monoisotopic (exact) mass is 256 g/mol. The summed E-state index contributed by atoms with van der Waals surface area (Å²) in [6, 6.07) is 10.0. The number of nitrogens with one attached hydrogen (secondary N) is 1. The highest BCUT2D eigenvalue weighted by Gasteiger charge is 2.19. The summed E-state index contributed by atoms with van der Waals surface area (Å²) >= 11 is 0. The molecule has 100 valence electrons. The first-order chi connectivity index (χ1) is 8.97. The van der Waals surface area contributed by atoms with Crippen LogP contribution in [0.25, 0.3) is 17.3 Å². The Morgan fingerprint density at radius 2 is 1.89 bits per heavy atom. The zero-order valence-corrected chi connectivity index (χ0v) is 11.6. The van der Waals surface area contributed by atoms with Crippen LogP contribution in [-0.4, -0.2) is 21.2 Å². The third kappa shape index (κ3) is 3.55. The summed E-state index contributed by atoms with van der Waals surface area (Å²) in [5, 5.41) is 9.94. The first-order valence-corrected chi connectivity index (χ1v) is 6.43. The van der Waals surface area contributed by atoms with Gasteiger partial charge in [-0.25, -0.2) is 4.98 Å². The van der Waals surface area contributed by atoms with Crippen molar-refractivity contribution in [3.8, 4) is 11.3 Å². The lowest BCUT2D eigenvalue weighted by Crippen LogP contribution is -2.23. The van der Waals surface area contributed by atoms with Crippen molar-refractivity contribution in [3.05, 3.63) is 48.4 Å². The number of hydrogen-bond acceptors (Lipinski definition) is 2. The van der Waals surface area contributed by atoms with Crippen molar-refractivity contribution < 1.29 is 5.11 Å². The number of imidazole rings is 1. The van der Waals surface area contributed by atoms with E-state index < -0.39 is 6.10 Å². The van der Waals surface area contributed by atoms with Crippen molar-refractivity contribution in [3.63, 3.8) is 0 Å². The van der Waals surface area contributed by atoms with Crippen molar-refractivity contribution in [2.75, 3.05) is 0 Å². The molecular weight excluding hydrogens is 236 g/mol. The lowest BCUT2D eigenvalue weighted by Gasteiger charge is -2.22. The van der Waals surface area contributed by atoms with E-state index in [9.17, 15) is 5.11 Å². The first-order valence-electron chi connectivity index (χ1n) is 6.43. The predicted octanol–water partition coefficient (Wildman–Crippen LogP) is 3.50. The average Bonchev–Trinajstić information content (AvgIpc) is 2.84. The van der Waals surface area contributed by atoms with E-state index in [1.54, 1.807) is 12.3 Å². The molecule has 0 aliphatic rings. The van der Waals surface area contributed by atoms with Gasteiger partial charge in [0.1, 0.15) is 5.82 Å². The molecule has 0 saturated carbocycles. The zero-order valence-electron chi connectivity index (χ0n) is 11.6. The molecule has 0 radical (unpaired) electrons. The Bertz CT molecular complexity index is 550. The van der Waals surface area contributed by atoms with Crippen LogP contribution in [0.2, 0.25) is 0 Å². The molecule has 2 N–H and O–H groups in total. The Labute approximate surface area is 114 Å². The van der Waals surface area contributed by atoms with Gasteiger partial charge in [-0.3, -0.25) is 0 Å². The molecule has 3 nitrogen and oxygen atoms in total. The van der Waals surface area contributed by atoms with Crippen molar-refractivity contribution in [1.82, 2.24) is 9.97 Å². The van der Waals surface area contributed by atoms with Gasteiger partial charge in [-0.15, -0.1) is 0 Å². The van der Waals surface area contributed by atoms with Gasteiger partial charge < -0.3 is 10.1 Å². The molecule has 2 rings (SSSR count). The van der Waals surface area contributed by atoms with Crippen LogP contribution in [0.1, 0.15) is 26.6 Å². The Morgan fingerprint density at radius 3 is 2.53 bits per heavy atom. The van der Waals surface area contributed by atoms with Crippen LogP contribution in [0.5, 0.6) is 0 Å². The number of benzene rings is 1. The number of nitrogens with zero attached hydrogens (tertiary/aromatic N) is 1. The largest absolute Gasteiger partial charge is 0.388 e. The smallest absolute Gasteiger partial charge is 0.130 e. The molecule has 0 aliphatic heterocycles. The summed E-state index contributed by atoms with van der Waals surface area (Å²) in [7, 11) is 0. The maximum Gasteiger partial charge on any atom is 0.130 e. The highest BCUT2D eigenvalue weighted by molar-refractivity contribution is 5.60. The molecule has 1 atom stereocenters. The maximum atomic E-state index is 9.94. The minimum atomic E-state index is -0.488. The molecular formula is C16H20N2O. The fraction of sp³-hybridized carbons (Fsp3) is 0.312. The quantitative estimate of drug-likeness (QED) is 0.883. The van der Waals surface area contributed by atoms with Crippen LogP contribution < -0.4 is 0 Å². The fourth-order valence-electron chi connectivity index (χ4n) is 1.66. The van der Waals surface area contributed by atoms with E-state index in [4.69, 9.17) is 0 Å². The van der Waals surface area contributed by atoms with Gasteiger partial charge in [0.2, 0.25) is 0 Å². The summed E-state index contributed by atoms with van der Waals surface area (Å²) in [5.41, 5.74) is 1.92. The third-order valence-corrected chi connectivity index (χ3v) is 3.00. The van der Waals surface area contributed by atoms with Gasteiger partial charge in [0, 0.05) is 0 Å². The average molecular weight is 256 g/mol. The number of aliphatic hydroxyl groups excluding tert-OH is 1. The summed E-state index contributed by atoms with van der Waals surface area (Å²) < 4.78 is 0. The fourth-order valence-corrected chi connectivity index (χ4v) is 1.66. The normalized spacial score (nSPS) is 13.9. The van der Waals surface area contributed by atoms with Crippen molar-refractivity contribution in [1.29, 1.82) is 0 Å². The Kier molecular flexibility index (Phi) is 3.86. The molecule has 3 heteroatoms. The molecule has 1 aromatic carbocycles. The molecule has 0 aliphatic carbocycles. The molecule has 19 heavy (non-hydrogen) atoms. The molecule has 1 heterocycles. The summed E-state index contributed by atoms with van der Waals surface area (Å²) in [6.45, 7) is 6.00. The minimum Gasteiger partial charge on any atom is -0.388 e. The van der Waals surface area contributed by atoms with E-state index in [1.165, 1.54) is 0 Å². The Balaban J connectivity index is 2.12. The molecule has 1 aromatic heterocycles. The van der Waals surface area contributed by atoms with E-state index in [0.29, 0.717) is 0 Å². The highest BCUT2D eigenvalue weighted by Crippen LogP contribution is 2.21. The number of hydrogen-bond donors (Lipinski definition) is 2. The topological polar surface area (TPSA) is 48.9 Å². The van der Waals surface area contributed by atoms with Gasteiger partial charge in [0.05, 0.1) is 18.0 Å². The second-order valence-corrected chi connectivity index (χ2v) is 5.72. The van der Waals surface area contributed by atoms with Gasteiger partial charge in [0.25, 0.3) is 0 Å². The second-order valence-electron chi connectivity index (χ2n) is 5.72. The Hall–Kier alpha value is -1.87. The predicted molar refractivity (Wildman–Crippen MR) is 78.5 cm³/mol. The van der Waals surface area contributed by atoms with E-state index in [0.717, 1.165) is 17.1 Å². The molecule has 0 fully saturated rings. The van der Waals surface area contributed by atoms with Crippen molar-refractivity contribution >= 4 is 6.08 Å². The van der Waals surface area contributed by atoms with Crippen LogP contribution >= 0.6 is 0 Å². The van der Waals surface area contributed by atoms with E-state index in [2.05, 4.69) is 9.97 Å². The van der Waals surface area contributed by atoms with Gasteiger partial charge in [-0.2, -0.15) is 0 Å². The maximum absolute atomic E-state index is 9.94. The molecule has 1 unspecified atom stereocenters. The standard InChI is InChI=1S/C16H20N2O/c1-16(2,3)14(19)9-10-15-17-11-13(18-15)12-7-5-4-6-8-12/h4-11,14,19H,1-3H3,(H,17,18). The van der Waals surface area contributed by atoms with Crippen LogP contribution in [-0.2, 0) is 0 Å². The molecule has 0 amide bonds. The number of rotatable bonds is 3. The number of aromatic nitrogens is 2. The second kappa shape index (κ2) is 5.41. The molecule has 0 spiro atoms. The highest BCUT2D eigenvalue weighted by atomic mass is 16.3. The van der Waals surface area contributed by atoms with Gasteiger partial charge in [-0.1, -0.05) is 57.2 Å². The molecule has 0 bridgehead atoms. The van der Waals surface area contributed by atoms with Gasteiger partial charge in [-0.05, 0) is 17.1 Å². The number of H-pyrrole nitrogens is 1. The van der Waals surface area contributed by atoms with E-state index in [-0.39, 0.29) is 5.41 Å². The molecule has 0 saturated heterocycles. The zero-order chi connectivity index (χ0) is 13.9. The van der Waals surface area contributed by atoms with Gasteiger partial charge in [0.15, 0.2) is 0 Å². The minimum absolute atomic E-state index is 0.161. The number of aliphatic hydroxyl groups is 1. The summed E-state index contributed by atoms with van der Waals surface area (Å²) in [6.07, 6.45) is 4.91. The Morgan fingerprint density at radius 1 is 1.21 bits per heavy atom. The van der Waals surface area contributed by atoms with Crippen molar-refractivity contribution in [2.24, 2.45) is 5.41 Å². The lowest BCUT2D eigenvalue weighted by atomic mass is 9.89. The van der Waals surface area contributed by atoms with Crippen LogP contribution in [0, 0.1) is 5.41 Å². The summed E-state index contributed by atoms with van der Waals surface area (Å²) in [4.78, 5) is 7.52. The molecule has 2 aromatic rings. The van der Waals surface area contributed by atoms with Crippen molar-refractivity contribution in [2.45, 2.75) is 26.9 Å². The van der Waals surface area contributed by atoms with E-state index in [1.807, 2.05) is 57.2 Å². The van der Waals surface area contributed by atoms with Crippen LogP contribution in [0.15, 0.2) is 42.6 Å². The van der Waals surface area contributed by atoms with Crippen LogP contribution in [0.4, 0.5) is 0 Å². The van der Waals surface area contributed by atoms with E-state index >= 15 is 0 Å². The SMILES string of the molecule is CC(C)(C)C(O)C=Cc1ncc(-c2ccccc2)[nH]1.